The molecule has 3 N–H and O–H groups in total. The van der Waals surface area contributed by atoms with E-state index in [1.54, 1.807) is 0 Å². The summed E-state index contributed by atoms with van der Waals surface area (Å²) in [4.78, 5) is 12.8. The Balaban J connectivity index is 1.62. The van der Waals surface area contributed by atoms with Crippen LogP contribution < -0.4 is 0 Å². The van der Waals surface area contributed by atoms with Gasteiger partial charge in [0.05, 0.1) is 17.6 Å². The SMILES string of the molecule is C[C@H]1[C@H](C)CC[C@]2(C(=O)O)CC[C@]3(C)C(=CC[C@@H]4[C@@]5(C)C[C@@H](O)[C@@H](O)C(C)(C)C5CC[C@]43C)[C@H]12. The van der Waals surface area contributed by atoms with Gasteiger partial charge in [-0.1, -0.05) is 60.1 Å². The van der Waals surface area contributed by atoms with Crippen LogP contribution in [0.1, 0.15) is 99.8 Å². The van der Waals surface area contributed by atoms with E-state index in [1.807, 2.05) is 0 Å². The zero-order valence-electron chi connectivity index (χ0n) is 22.5. The van der Waals surface area contributed by atoms with Crippen LogP contribution in [-0.2, 0) is 4.79 Å². The van der Waals surface area contributed by atoms with Crippen LogP contribution in [-0.4, -0.2) is 33.5 Å². The summed E-state index contributed by atoms with van der Waals surface area (Å²) in [6.45, 7) is 16.3. The number of rotatable bonds is 1. The second kappa shape index (κ2) is 7.34. The molecular formula is C30H48O4. The highest BCUT2D eigenvalue weighted by atomic mass is 16.4. The van der Waals surface area contributed by atoms with E-state index in [4.69, 9.17) is 0 Å². The standard InChI is InChI=1S/C30H48O4/c1-17-10-13-30(25(33)34)15-14-28(6)19(23(30)18(17)2)8-9-22-27(5)16-20(31)24(32)26(3,4)21(27)11-12-29(22,28)7/h8,17-18,20-24,31-32H,9-16H2,1-7H3,(H,33,34)/t17-,18+,20-,21?,22-,23+,24-,27+,28-,29-,30+/m1/s1. The normalized spacial score (nSPS) is 56.3. The van der Waals surface area contributed by atoms with Gasteiger partial charge < -0.3 is 15.3 Å². The molecule has 0 aromatic heterocycles. The van der Waals surface area contributed by atoms with Crippen LogP contribution in [0.4, 0.5) is 0 Å². The lowest BCUT2D eigenvalue weighted by Crippen LogP contribution is -2.67. The predicted octanol–water partition coefficient (Wildman–Crippen LogP) is 6.06. The molecule has 0 radical (unpaired) electrons. The van der Waals surface area contributed by atoms with Gasteiger partial charge in [0.15, 0.2) is 0 Å². The second-order valence-corrected chi connectivity index (χ2v) is 14.6. The third kappa shape index (κ3) is 2.76. The number of aliphatic hydroxyl groups is 2. The van der Waals surface area contributed by atoms with Crippen molar-refractivity contribution in [1.29, 1.82) is 0 Å². The summed E-state index contributed by atoms with van der Waals surface area (Å²) in [5, 5.41) is 32.4. The van der Waals surface area contributed by atoms with Crippen LogP contribution >= 0.6 is 0 Å². The van der Waals surface area contributed by atoms with Crippen molar-refractivity contribution in [3.63, 3.8) is 0 Å². The highest BCUT2D eigenvalue weighted by Crippen LogP contribution is 2.75. The summed E-state index contributed by atoms with van der Waals surface area (Å²) in [5.41, 5.74) is 0.574. The van der Waals surface area contributed by atoms with E-state index in [0.29, 0.717) is 30.1 Å². The summed E-state index contributed by atoms with van der Waals surface area (Å²) in [6.07, 6.45) is 8.53. The molecule has 11 atom stereocenters. The number of carbonyl (C=O) groups is 1. The van der Waals surface area contributed by atoms with Gasteiger partial charge in [-0.05, 0) is 103 Å². The fourth-order valence-corrected chi connectivity index (χ4v) is 11.0. The van der Waals surface area contributed by atoms with E-state index in [1.165, 1.54) is 5.57 Å². The van der Waals surface area contributed by atoms with Crippen LogP contribution in [0, 0.1) is 56.7 Å². The van der Waals surface area contributed by atoms with Gasteiger partial charge in [-0.25, -0.2) is 0 Å². The Kier molecular flexibility index (Phi) is 5.36. The van der Waals surface area contributed by atoms with Crippen LogP contribution in [0.5, 0.6) is 0 Å². The molecule has 5 rings (SSSR count). The molecule has 4 nitrogen and oxygen atoms in total. The second-order valence-electron chi connectivity index (χ2n) is 14.6. The molecule has 0 aliphatic heterocycles. The van der Waals surface area contributed by atoms with Crippen molar-refractivity contribution in [3.8, 4) is 0 Å². The van der Waals surface area contributed by atoms with Crippen molar-refractivity contribution < 1.29 is 20.1 Å². The van der Waals surface area contributed by atoms with Crippen molar-refractivity contribution >= 4 is 5.97 Å². The smallest absolute Gasteiger partial charge is 0.310 e. The summed E-state index contributed by atoms with van der Waals surface area (Å²) >= 11 is 0. The van der Waals surface area contributed by atoms with Crippen LogP contribution in [0.15, 0.2) is 11.6 Å². The Morgan fingerprint density at radius 2 is 1.62 bits per heavy atom. The Morgan fingerprint density at radius 1 is 0.941 bits per heavy atom. The molecule has 34 heavy (non-hydrogen) atoms. The molecule has 4 saturated carbocycles. The highest BCUT2D eigenvalue weighted by molar-refractivity contribution is 5.76. The van der Waals surface area contributed by atoms with Crippen molar-refractivity contribution in [2.75, 3.05) is 0 Å². The number of aliphatic hydroxyl groups excluding tert-OH is 2. The first-order chi connectivity index (χ1) is 15.7. The van der Waals surface area contributed by atoms with Crippen LogP contribution in [0.2, 0.25) is 0 Å². The lowest BCUT2D eigenvalue weighted by molar-refractivity contribution is -0.232. The highest BCUT2D eigenvalue weighted by Gasteiger charge is 2.70. The van der Waals surface area contributed by atoms with E-state index >= 15 is 0 Å². The van der Waals surface area contributed by atoms with E-state index in [2.05, 4.69) is 54.5 Å². The number of fused-ring (bicyclic) bond motifs is 7. The first kappa shape index (κ1) is 24.8. The Morgan fingerprint density at radius 3 is 2.26 bits per heavy atom. The number of aliphatic carboxylic acids is 1. The minimum atomic E-state index is -0.679. The predicted molar refractivity (Wildman–Crippen MR) is 134 cm³/mol. The third-order valence-corrected chi connectivity index (χ3v) is 13.4. The van der Waals surface area contributed by atoms with E-state index < -0.39 is 23.6 Å². The fourth-order valence-electron chi connectivity index (χ4n) is 11.0. The number of carboxylic acids is 1. The minimum Gasteiger partial charge on any atom is -0.481 e. The maximum absolute atomic E-state index is 12.8. The van der Waals surface area contributed by atoms with Gasteiger partial charge in [-0.2, -0.15) is 0 Å². The zero-order valence-corrected chi connectivity index (χ0v) is 22.5. The van der Waals surface area contributed by atoms with Crippen molar-refractivity contribution in [2.24, 2.45) is 56.7 Å². The summed E-state index contributed by atoms with van der Waals surface area (Å²) < 4.78 is 0. The molecule has 0 heterocycles. The molecule has 5 aliphatic carbocycles. The lowest BCUT2D eigenvalue weighted by Gasteiger charge is -2.71. The average Bonchev–Trinajstić information content (AvgIpc) is 2.75. The van der Waals surface area contributed by atoms with Gasteiger partial charge in [0.25, 0.3) is 0 Å². The maximum atomic E-state index is 12.8. The molecule has 4 heteroatoms. The number of hydrogen-bond donors (Lipinski definition) is 3. The molecular weight excluding hydrogens is 424 g/mol. The molecule has 0 saturated heterocycles. The molecule has 0 aromatic rings. The monoisotopic (exact) mass is 472 g/mol. The topological polar surface area (TPSA) is 77.8 Å². The van der Waals surface area contributed by atoms with Gasteiger partial charge in [-0.15, -0.1) is 0 Å². The minimum absolute atomic E-state index is 0.00993. The van der Waals surface area contributed by atoms with E-state index in [-0.39, 0.29) is 27.6 Å². The first-order valence-electron chi connectivity index (χ1n) is 14.0. The van der Waals surface area contributed by atoms with Gasteiger partial charge in [0.2, 0.25) is 0 Å². The number of allylic oxidation sites excluding steroid dienone is 2. The van der Waals surface area contributed by atoms with E-state index in [0.717, 1.165) is 44.9 Å². The molecule has 1 unspecified atom stereocenters. The van der Waals surface area contributed by atoms with Crippen molar-refractivity contribution in [1.82, 2.24) is 0 Å². The van der Waals surface area contributed by atoms with Gasteiger partial charge >= 0.3 is 5.97 Å². The summed E-state index contributed by atoms with van der Waals surface area (Å²) in [7, 11) is 0. The number of hydrogen-bond acceptors (Lipinski definition) is 3. The van der Waals surface area contributed by atoms with E-state index in [9.17, 15) is 20.1 Å². The summed E-state index contributed by atoms with van der Waals surface area (Å²) in [5.74, 6) is 1.30. The van der Waals surface area contributed by atoms with Crippen LogP contribution in [0.3, 0.4) is 0 Å². The number of carboxylic acid groups (broad SMARTS) is 1. The molecule has 0 aromatic carbocycles. The van der Waals surface area contributed by atoms with Crippen LogP contribution in [0.25, 0.3) is 0 Å². The molecule has 0 spiro atoms. The molecule has 192 valence electrons. The Bertz CT molecular complexity index is 907. The quantitative estimate of drug-likeness (QED) is 0.405. The average molecular weight is 473 g/mol. The maximum Gasteiger partial charge on any atom is 0.310 e. The van der Waals surface area contributed by atoms with Gasteiger partial charge in [0, 0.05) is 0 Å². The van der Waals surface area contributed by atoms with Crippen molar-refractivity contribution in [3.05, 3.63) is 11.6 Å². The molecule has 0 amide bonds. The van der Waals surface area contributed by atoms with Gasteiger partial charge in [0.1, 0.15) is 0 Å². The molecule has 5 aliphatic rings. The largest absolute Gasteiger partial charge is 0.481 e. The van der Waals surface area contributed by atoms with Crippen molar-refractivity contribution in [2.45, 2.75) is 112 Å². The first-order valence-corrected chi connectivity index (χ1v) is 14.0. The molecule has 0 bridgehead atoms. The fraction of sp³-hybridized carbons (Fsp3) is 0.900. The Hall–Kier alpha value is -0.870. The zero-order chi connectivity index (χ0) is 25.1. The van der Waals surface area contributed by atoms with Gasteiger partial charge in [-0.3, -0.25) is 4.79 Å². The third-order valence-electron chi connectivity index (χ3n) is 13.4. The lowest BCUT2D eigenvalue weighted by atomic mass is 9.33. The Labute approximate surface area is 206 Å². The molecule has 4 fully saturated rings. The summed E-state index contributed by atoms with van der Waals surface area (Å²) in [6, 6.07) is 0.